The van der Waals surface area contributed by atoms with Crippen LogP contribution >= 0.6 is 0 Å². The number of rotatable bonds is 4. The van der Waals surface area contributed by atoms with Gasteiger partial charge in [-0.25, -0.2) is 0 Å². The number of hydrogen-bond donors (Lipinski definition) is 1. The predicted octanol–water partition coefficient (Wildman–Crippen LogP) is 2.25. The number of allylic oxidation sites excluding steroid dienone is 1. The van der Waals surface area contributed by atoms with Crippen molar-refractivity contribution in [2.45, 2.75) is 26.2 Å². The van der Waals surface area contributed by atoms with E-state index in [1.807, 2.05) is 6.08 Å². The first-order chi connectivity index (χ1) is 9.52. The van der Waals surface area contributed by atoms with Crippen molar-refractivity contribution in [1.82, 2.24) is 4.90 Å². The molecule has 1 fully saturated rings. The molecule has 0 aromatic carbocycles. The van der Waals surface area contributed by atoms with Crippen molar-refractivity contribution in [2.24, 2.45) is 5.92 Å². The Morgan fingerprint density at radius 3 is 2.70 bits per heavy atom. The molecule has 2 rings (SSSR count). The number of carbonyl (C=O) groups is 2. The molecule has 0 saturated carbocycles. The van der Waals surface area contributed by atoms with Crippen molar-refractivity contribution in [3.63, 3.8) is 0 Å². The number of amides is 1. The molecule has 5 nitrogen and oxygen atoms in total. The summed E-state index contributed by atoms with van der Waals surface area (Å²) in [5.74, 6) is -0.428. The number of carboxylic acids is 1. The van der Waals surface area contributed by atoms with Gasteiger partial charge in [-0.2, -0.15) is 0 Å². The fourth-order valence-corrected chi connectivity index (χ4v) is 2.55. The third-order valence-corrected chi connectivity index (χ3v) is 3.74. The second kappa shape index (κ2) is 5.94. The monoisotopic (exact) mass is 277 g/mol. The summed E-state index contributed by atoms with van der Waals surface area (Å²) in [6.07, 6.45) is 4.92. The van der Waals surface area contributed by atoms with Gasteiger partial charge in [0.2, 0.25) is 0 Å². The Labute approximate surface area is 117 Å². The molecule has 0 aliphatic carbocycles. The predicted molar refractivity (Wildman–Crippen MR) is 73.6 cm³/mol. The minimum absolute atomic E-state index is 0.130. The summed E-state index contributed by atoms with van der Waals surface area (Å²) in [5.41, 5.74) is 1.10. The van der Waals surface area contributed by atoms with Crippen LogP contribution in [0.2, 0.25) is 0 Å². The molecule has 1 amide bonds. The van der Waals surface area contributed by atoms with Crippen molar-refractivity contribution in [3.05, 3.63) is 35.8 Å². The van der Waals surface area contributed by atoms with E-state index in [9.17, 15) is 9.59 Å². The molecular formula is C15H19NO4. The van der Waals surface area contributed by atoms with Crippen molar-refractivity contribution >= 4 is 11.9 Å². The Morgan fingerprint density at radius 1 is 1.50 bits per heavy atom. The van der Waals surface area contributed by atoms with E-state index >= 15 is 0 Å². The molecule has 1 aromatic heterocycles. The standard InChI is InChI=1S/C15H19NO4/c1-3-11-4-6-16(7-5-11)15(19)14-10(2)9-20-12(14)8-13(17)18/h3,9,11H,1,4-8H2,2H3,(H,17,18). The highest BCUT2D eigenvalue weighted by Crippen LogP contribution is 2.24. The molecule has 1 aliphatic heterocycles. The summed E-state index contributed by atoms with van der Waals surface area (Å²) in [6, 6.07) is 0. The molecule has 0 bridgehead atoms. The SMILES string of the molecule is C=CC1CCN(C(=O)c2c(C)coc2CC(=O)O)CC1. The van der Waals surface area contributed by atoms with E-state index in [0.29, 0.717) is 30.1 Å². The number of nitrogens with zero attached hydrogens (tertiary/aromatic N) is 1. The van der Waals surface area contributed by atoms with Gasteiger partial charge in [-0.05, 0) is 25.7 Å². The van der Waals surface area contributed by atoms with Crippen molar-refractivity contribution < 1.29 is 19.1 Å². The first-order valence-electron chi connectivity index (χ1n) is 6.73. The number of carbonyl (C=O) groups excluding carboxylic acids is 1. The maximum Gasteiger partial charge on any atom is 0.311 e. The van der Waals surface area contributed by atoms with Gasteiger partial charge in [0.1, 0.15) is 12.2 Å². The van der Waals surface area contributed by atoms with Gasteiger partial charge in [-0.3, -0.25) is 9.59 Å². The summed E-state index contributed by atoms with van der Waals surface area (Å²) in [7, 11) is 0. The zero-order chi connectivity index (χ0) is 14.7. The molecule has 0 spiro atoms. The normalized spacial score (nSPS) is 16.1. The van der Waals surface area contributed by atoms with Gasteiger partial charge in [0.15, 0.2) is 0 Å². The molecule has 2 heterocycles. The van der Waals surface area contributed by atoms with Gasteiger partial charge in [0.05, 0.1) is 11.8 Å². The van der Waals surface area contributed by atoms with E-state index in [0.717, 1.165) is 12.8 Å². The molecule has 0 atom stereocenters. The van der Waals surface area contributed by atoms with Crippen molar-refractivity contribution in [3.8, 4) is 0 Å². The molecule has 1 aromatic rings. The average Bonchev–Trinajstić information content (AvgIpc) is 2.78. The lowest BCUT2D eigenvalue weighted by atomic mass is 9.96. The van der Waals surface area contributed by atoms with E-state index in [2.05, 4.69) is 6.58 Å². The lowest BCUT2D eigenvalue weighted by Crippen LogP contribution is -2.38. The Kier molecular flexibility index (Phi) is 4.27. The minimum Gasteiger partial charge on any atom is -0.481 e. The molecule has 20 heavy (non-hydrogen) atoms. The van der Waals surface area contributed by atoms with Crippen LogP contribution in [-0.2, 0) is 11.2 Å². The maximum atomic E-state index is 12.5. The van der Waals surface area contributed by atoms with Crippen LogP contribution in [0.25, 0.3) is 0 Å². The highest BCUT2D eigenvalue weighted by atomic mass is 16.4. The molecular weight excluding hydrogens is 258 g/mol. The van der Waals surface area contributed by atoms with Gasteiger partial charge < -0.3 is 14.4 Å². The van der Waals surface area contributed by atoms with Gasteiger partial charge >= 0.3 is 5.97 Å². The topological polar surface area (TPSA) is 70.8 Å². The second-order valence-electron chi connectivity index (χ2n) is 5.15. The number of aryl methyl sites for hydroxylation is 1. The summed E-state index contributed by atoms with van der Waals surface area (Å²) < 4.78 is 5.22. The van der Waals surface area contributed by atoms with Gasteiger partial charge in [0, 0.05) is 18.7 Å². The zero-order valence-corrected chi connectivity index (χ0v) is 11.6. The number of furan rings is 1. The summed E-state index contributed by atoms with van der Waals surface area (Å²) in [4.78, 5) is 25.1. The van der Waals surface area contributed by atoms with E-state index < -0.39 is 5.97 Å². The second-order valence-corrected chi connectivity index (χ2v) is 5.15. The Balaban J connectivity index is 2.15. The number of hydrogen-bond acceptors (Lipinski definition) is 3. The average molecular weight is 277 g/mol. The van der Waals surface area contributed by atoms with Crippen LogP contribution in [0.1, 0.15) is 34.5 Å². The molecule has 108 valence electrons. The smallest absolute Gasteiger partial charge is 0.311 e. The first kappa shape index (κ1) is 14.4. The summed E-state index contributed by atoms with van der Waals surface area (Å²) in [6.45, 7) is 6.89. The Morgan fingerprint density at radius 2 is 2.15 bits per heavy atom. The number of carboxylic acid groups (broad SMARTS) is 1. The molecule has 1 saturated heterocycles. The third-order valence-electron chi connectivity index (χ3n) is 3.74. The fourth-order valence-electron chi connectivity index (χ4n) is 2.55. The van der Waals surface area contributed by atoms with Crippen molar-refractivity contribution in [2.75, 3.05) is 13.1 Å². The molecule has 0 radical (unpaired) electrons. The van der Waals surface area contributed by atoms with Gasteiger partial charge in [-0.1, -0.05) is 6.08 Å². The lowest BCUT2D eigenvalue weighted by Gasteiger charge is -2.30. The van der Waals surface area contributed by atoms with Crippen LogP contribution in [0.3, 0.4) is 0 Å². The van der Waals surface area contributed by atoms with Crippen LogP contribution < -0.4 is 0 Å². The van der Waals surface area contributed by atoms with E-state index in [1.165, 1.54) is 6.26 Å². The van der Waals surface area contributed by atoms with Crippen LogP contribution in [0.5, 0.6) is 0 Å². The van der Waals surface area contributed by atoms with Crippen molar-refractivity contribution in [1.29, 1.82) is 0 Å². The molecule has 1 N–H and O–H groups in total. The van der Waals surface area contributed by atoms with Gasteiger partial charge in [0.25, 0.3) is 5.91 Å². The third kappa shape index (κ3) is 2.92. The van der Waals surface area contributed by atoms with Gasteiger partial charge in [-0.15, -0.1) is 6.58 Å². The van der Waals surface area contributed by atoms with Crippen LogP contribution in [0, 0.1) is 12.8 Å². The number of piperidine rings is 1. The van der Waals surface area contributed by atoms with E-state index in [4.69, 9.17) is 9.52 Å². The first-order valence-corrected chi connectivity index (χ1v) is 6.73. The molecule has 1 aliphatic rings. The number of aliphatic carboxylic acids is 1. The van der Waals surface area contributed by atoms with Crippen LogP contribution in [0.4, 0.5) is 0 Å². The van der Waals surface area contributed by atoms with E-state index in [1.54, 1.807) is 11.8 Å². The fraction of sp³-hybridized carbons (Fsp3) is 0.467. The minimum atomic E-state index is -1.00. The molecule has 0 unspecified atom stereocenters. The quantitative estimate of drug-likeness (QED) is 0.857. The number of likely N-dealkylation sites (tertiary alicyclic amines) is 1. The molecule has 5 heteroatoms. The Hall–Kier alpha value is -2.04. The largest absolute Gasteiger partial charge is 0.481 e. The summed E-state index contributed by atoms with van der Waals surface area (Å²) in [5, 5.41) is 8.86. The maximum absolute atomic E-state index is 12.5. The van der Waals surface area contributed by atoms with E-state index in [-0.39, 0.29) is 18.1 Å². The summed E-state index contributed by atoms with van der Waals surface area (Å²) >= 11 is 0. The Bertz CT molecular complexity index is 524. The highest BCUT2D eigenvalue weighted by molar-refractivity contribution is 5.97. The van der Waals surface area contributed by atoms with Crippen LogP contribution in [-0.4, -0.2) is 35.0 Å². The zero-order valence-electron chi connectivity index (χ0n) is 11.6. The lowest BCUT2D eigenvalue weighted by molar-refractivity contribution is -0.136. The highest BCUT2D eigenvalue weighted by Gasteiger charge is 2.27. The van der Waals surface area contributed by atoms with Crippen LogP contribution in [0.15, 0.2) is 23.3 Å².